The molecule has 1 fully saturated rings. The lowest BCUT2D eigenvalue weighted by atomic mass is 9.91. The van der Waals surface area contributed by atoms with Gasteiger partial charge in [-0.3, -0.25) is 4.79 Å². The van der Waals surface area contributed by atoms with Crippen LogP contribution in [0.2, 0.25) is 0 Å². The summed E-state index contributed by atoms with van der Waals surface area (Å²) in [5, 5.41) is 0. The highest BCUT2D eigenvalue weighted by molar-refractivity contribution is 5.96. The van der Waals surface area contributed by atoms with Gasteiger partial charge in [0, 0.05) is 24.7 Å². The number of carbonyl (C=O) groups excluding carboxylic acids is 1. The quantitative estimate of drug-likeness (QED) is 0.926. The van der Waals surface area contributed by atoms with Crippen LogP contribution in [0.5, 0.6) is 11.5 Å². The number of likely N-dealkylation sites (tertiary alicyclic amines) is 1. The Morgan fingerprint density at radius 3 is 2.55 bits per heavy atom. The van der Waals surface area contributed by atoms with Gasteiger partial charge in [0.05, 0.1) is 14.2 Å². The van der Waals surface area contributed by atoms with Gasteiger partial charge in [-0.1, -0.05) is 0 Å². The number of piperidine rings is 1. The third kappa shape index (κ3) is 3.35. The van der Waals surface area contributed by atoms with Gasteiger partial charge in [-0.2, -0.15) is 0 Å². The highest BCUT2D eigenvalue weighted by Gasteiger charge is 2.27. The fraction of sp³-hybridized carbons (Fsp3) is 0.588. The Morgan fingerprint density at radius 2 is 1.95 bits per heavy atom. The monoisotopic (exact) mass is 306 g/mol. The molecule has 2 N–H and O–H groups in total. The molecule has 122 valence electrons. The summed E-state index contributed by atoms with van der Waals surface area (Å²) in [5.41, 5.74) is 7.57. The van der Waals surface area contributed by atoms with Crippen molar-refractivity contribution in [2.24, 2.45) is 11.7 Å². The SMILES string of the molecule is COc1cc(C)c(C(=O)N2CCC[C@H]([C@H](C)N)C2)cc1OC. The highest BCUT2D eigenvalue weighted by atomic mass is 16.5. The van der Waals surface area contributed by atoms with Crippen molar-refractivity contribution in [3.8, 4) is 11.5 Å². The minimum atomic E-state index is 0.0452. The molecule has 0 saturated carbocycles. The highest BCUT2D eigenvalue weighted by Crippen LogP contribution is 2.31. The van der Waals surface area contributed by atoms with E-state index < -0.39 is 0 Å². The maximum Gasteiger partial charge on any atom is 0.254 e. The molecule has 1 saturated heterocycles. The van der Waals surface area contributed by atoms with Crippen molar-refractivity contribution < 1.29 is 14.3 Å². The van der Waals surface area contributed by atoms with Crippen molar-refractivity contribution >= 4 is 5.91 Å². The molecule has 1 heterocycles. The van der Waals surface area contributed by atoms with Crippen LogP contribution in [0, 0.1) is 12.8 Å². The smallest absolute Gasteiger partial charge is 0.254 e. The molecule has 0 aliphatic carbocycles. The molecule has 1 aromatic carbocycles. The number of methoxy groups -OCH3 is 2. The van der Waals surface area contributed by atoms with Crippen molar-refractivity contribution in [2.75, 3.05) is 27.3 Å². The number of rotatable bonds is 4. The van der Waals surface area contributed by atoms with E-state index in [-0.39, 0.29) is 11.9 Å². The first kappa shape index (κ1) is 16.6. The summed E-state index contributed by atoms with van der Waals surface area (Å²) in [6.45, 7) is 5.45. The molecule has 0 bridgehead atoms. The summed E-state index contributed by atoms with van der Waals surface area (Å²) < 4.78 is 10.6. The number of benzene rings is 1. The van der Waals surface area contributed by atoms with Crippen LogP contribution in [0.4, 0.5) is 0 Å². The van der Waals surface area contributed by atoms with Gasteiger partial charge in [-0.15, -0.1) is 0 Å². The Hall–Kier alpha value is -1.75. The summed E-state index contributed by atoms with van der Waals surface area (Å²) in [7, 11) is 3.17. The summed E-state index contributed by atoms with van der Waals surface area (Å²) in [6, 6.07) is 3.73. The molecule has 2 rings (SSSR count). The van der Waals surface area contributed by atoms with E-state index in [1.165, 1.54) is 0 Å². The Bertz CT molecular complexity index is 543. The molecule has 1 amide bonds. The van der Waals surface area contributed by atoms with Crippen LogP contribution in [-0.4, -0.2) is 44.2 Å². The number of hydrogen-bond donors (Lipinski definition) is 1. The average molecular weight is 306 g/mol. The second-order valence-electron chi connectivity index (χ2n) is 6.03. The van der Waals surface area contributed by atoms with Crippen LogP contribution in [0.25, 0.3) is 0 Å². The van der Waals surface area contributed by atoms with E-state index in [2.05, 4.69) is 0 Å². The van der Waals surface area contributed by atoms with Gasteiger partial charge in [0.2, 0.25) is 0 Å². The summed E-state index contributed by atoms with van der Waals surface area (Å²) in [6.07, 6.45) is 2.09. The molecule has 0 radical (unpaired) electrons. The Morgan fingerprint density at radius 1 is 1.32 bits per heavy atom. The number of nitrogens with zero attached hydrogens (tertiary/aromatic N) is 1. The van der Waals surface area contributed by atoms with Crippen molar-refractivity contribution in [1.82, 2.24) is 4.90 Å². The van der Waals surface area contributed by atoms with Crippen LogP contribution in [-0.2, 0) is 0 Å². The van der Waals surface area contributed by atoms with Crippen molar-refractivity contribution in [2.45, 2.75) is 32.7 Å². The van der Waals surface area contributed by atoms with Crippen LogP contribution < -0.4 is 15.2 Å². The summed E-state index contributed by atoms with van der Waals surface area (Å²) in [4.78, 5) is 14.8. The summed E-state index contributed by atoms with van der Waals surface area (Å²) in [5.74, 6) is 1.64. The fourth-order valence-corrected chi connectivity index (χ4v) is 3.00. The maximum atomic E-state index is 12.8. The number of carbonyl (C=O) groups is 1. The molecule has 2 atom stereocenters. The van der Waals surface area contributed by atoms with Crippen LogP contribution >= 0.6 is 0 Å². The zero-order chi connectivity index (χ0) is 16.3. The third-order valence-electron chi connectivity index (χ3n) is 4.45. The first-order valence-corrected chi connectivity index (χ1v) is 7.75. The molecule has 0 unspecified atom stereocenters. The lowest BCUT2D eigenvalue weighted by Gasteiger charge is -2.35. The van der Waals surface area contributed by atoms with Gasteiger partial charge in [-0.05, 0) is 50.3 Å². The van der Waals surface area contributed by atoms with E-state index in [4.69, 9.17) is 15.2 Å². The van der Waals surface area contributed by atoms with Crippen LogP contribution in [0.3, 0.4) is 0 Å². The Kier molecular flexibility index (Phi) is 5.29. The first-order valence-electron chi connectivity index (χ1n) is 7.75. The van der Waals surface area contributed by atoms with Gasteiger partial charge < -0.3 is 20.1 Å². The first-order chi connectivity index (χ1) is 10.5. The maximum absolute atomic E-state index is 12.8. The topological polar surface area (TPSA) is 64.8 Å². The minimum absolute atomic E-state index is 0.0452. The zero-order valence-electron chi connectivity index (χ0n) is 13.9. The fourth-order valence-electron chi connectivity index (χ4n) is 3.00. The number of amides is 1. The Balaban J connectivity index is 2.25. The van der Waals surface area contributed by atoms with Crippen LogP contribution in [0.1, 0.15) is 35.7 Å². The second-order valence-corrected chi connectivity index (χ2v) is 6.03. The standard InChI is InChI=1S/C17H26N2O3/c1-11-8-15(21-3)16(22-4)9-14(11)17(20)19-7-5-6-13(10-19)12(2)18/h8-9,12-13H,5-7,10,18H2,1-4H3/t12-,13-/m0/s1. The van der Waals surface area contributed by atoms with Gasteiger partial charge in [0.25, 0.3) is 5.91 Å². The van der Waals surface area contributed by atoms with Gasteiger partial charge >= 0.3 is 0 Å². The van der Waals surface area contributed by atoms with E-state index in [9.17, 15) is 4.79 Å². The van der Waals surface area contributed by atoms with Crippen molar-refractivity contribution in [3.63, 3.8) is 0 Å². The number of nitrogens with two attached hydrogens (primary N) is 1. The van der Waals surface area contributed by atoms with E-state index in [0.29, 0.717) is 23.0 Å². The van der Waals surface area contributed by atoms with E-state index in [0.717, 1.165) is 31.5 Å². The van der Waals surface area contributed by atoms with Gasteiger partial charge in [0.1, 0.15) is 0 Å². The van der Waals surface area contributed by atoms with Gasteiger partial charge in [0.15, 0.2) is 11.5 Å². The van der Waals surface area contributed by atoms with E-state index >= 15 is 0 Å². The second kappa shape index (κ2) is 7.01. The van der Waals surface area contributed by atoms with Crippen molar-refractivity contribution in [1.29, 1.82) is 0 Å². The molecule has 1 aliphatic heterocycles. The number of aryl methyl sites for hydroxylation is 1. The molecular weight excluding hydrogens is 280 g/mol. The molecule has 1 aromatic rings. The van der Waals surface area contributed by atoms with E-state index in [1.54, 1.807) is 20.3 Å². The van der Waals surface area contributed by atoms with Gasteiger partial charge in [-0.25, -0.2) is 0 Å². The summed E-state index contributed by atoms with van der Waals surface area (Å²) >= 11 is 0. The average Bonchev–Trinajstić information content (AvgIpc) is 2.53. The third-order valence-corrected chi connectivity index (χ3v) is 4.45. The zero-order valence-corrected chi connectivity index (χ0v) is 13.9. The van der Waals surface area contributed by atoms with Crippen LogP contribution in [0.15, 0.2) is 12.1 Å². The molecule has 22 heavy (non-hydrogen) atoms. The Labute approximate surface area is 132 Å². The van der Waals surface area contributed by atoms with Crippen molar-refractivity contribution in [3.05, 3.63) is 23.3 Å². The lowest BCUT2D eigenvalue weighted by molar-refractivity contribution is 0.0660. The molecule has 1 aliphatic rings. The molecule has 0 spiro atoms. The molecule has 5 heteroatoms. The lowest BCUT2D eigenvalue weighted by Crippen LogP contribution is -2.45. The molecule has 0 aromatic heterocycles. The molecule has 5 nitrogen and oxygen atoms in total. The molecular formula is C17H26N2O3. The minimum Gasteiger partial charge on any atom is -0.493 e. The predicted molar refractivity (Wildman–Crippen MR) is 86.6 cm³/mol. The van der Waals surface area contributed by atoms with E-state index in [1.807, 2.05) is 24.8 Å². The number of ether oxygens (including phenoxy) is 2. The largest absolute Gasteiger partial charge is 0.493 e. The predicted octanol–water partition coefficient (Wildman–Crippen LogP) is 2.21. The normalized spacial score (nSPS) is 19.7. The number of hydrogen-bond acceptors (Lipinski definition) is 4.